The van der Waals surface area contributed by atoms with Crippen molar-refractivity contribution in [3.63, 3.8) is 0 Å². The highest BCUT2D eigenvalue weighted by Gasteiger charge is 2.17. The van der Waals surface area contributed by atoms with E-state index in [9.17, 15) is 4.79 Å². The Morgan fingerprint density at radius 2 is 1.79 bits per heavy atom. The van der Waals surface area contributed by atoms with E-state index in [2.05, 4.69) is 30.6 Å². The Morgan fingerprint density at radius 3 is 2.48 bits per heavy atom. The molecular weight excluding hydrogens is 422 g/mol. The summed E-state index contributed by atoms with van der Waals surface area (Å²) < 4.78 is 12.2. The number of methoxy groups -OCH3 is 2. The second-order valence-electron chi connectivity index (χ2n) is 7.83. The third-order valence-corrected chi connectivity index (χ3v) is 5.55. The van der Waals surface area contributed by atoms with Crippen LogP contribution in [0, 0.1) is 0 Å². The van der Waals surface area contributed by atoms with Gasteiger partial charge in [0.25, 0.3) is 5.91 Å². The highest BCUT2D eigenvalue weighted by molar-refractivity contribution is 5.93. The molecule has 1 aromatic carbocycles. The molecule has 174 valence electrons. The summed E-state index contributed by atoms with van der Waals surface area (Å²) in [6.45, 7) is 3.70. The van der Waals surface area contributed by atoms with Gasteiger partial charge in [-0.15, -0.1) is 0 Å². The lowest BCUT2D eigenvalue weighted by Gasteiger charge is -2.14. The minimum Gasteiger partial charge on any atom is -0.497 e. The third-order valence-electron chi connectivity index (χ3n) is 5.55. The fourth-order valence-corrected chi connectivity index (χ4v) is 3.80. The molecule has 33 heavy (non-hydrogen) atoms. The molecule has 1 amide bonds. The van der Waals surface area contributed by atoms with Crippen molar-refractivity contribution in [3.8, 4) is 22.9 Å². The van der Waals surface area contributed by atoms with Gasteiger partial charge < -0.3 is 25.0 Å². The van der Waals surface area contributed by atoms with E-state index in [1.54, 1.807) is 50.3 Å². The molecule has 0 radical (unpaired) electrons. The number of nitrogens with zero attached hydrogens (tertiary/aromatic N) is 5. The molecule has 1 fully saturated rings. The highest BCUT2D eigenvalue weighted by atomic mass is 16.5. The maximum Gasteiger partial charge on any atom is 0.269 e. The van der Waals surface area contributed by atoms with Crippen LogP contribution in [0.25, 0.3) is 11.4 Å². The summed E-state index contributed by atoms with van der Waals surface area (Å²) >= 11 is 0. The number of rotatable bonds is 9. The van der Waals surface area contributed by atoms with E-state index in [1.807, 2.05) is 12.1 Å². The van der Waals surface area contributed by atoms with Crippen molar-refractivity contribution >= 4 is 17.5 Å². The Balaban J connectivity index is 1.45. The van der Waals surface area contributed by atoms with Crippen LogP contribution >= 0.6 is 0 Å². The second-order valence-corrected chi connectivity index (χ2v) is 7.83. The monoisotopic (exact) mass is 451 g/mol. The fraction of sp³-hybridized carbons (Fsp3) is 0.391. The zero-order chi connectivity index (χ0) is 23.2. The summed E-state index contributed by atoms with van der Waals surface area (Å²) in [5.41, 5.74) is 2.41. The van der Waals surface area contributed by atoms with Gasteiger partial charge in [-0.2, -0.15) is 5.10 Å². The number of carbonyl (C=O) groups excluding carboxylic acids is 1. The quantitative estimate of drug-likeness (QED) is 0.511. The summed E-state index contributed by atoms with van der Waals surface area (Å²) in [5, 5.41) is 10.6. The Morgan fingerprint density at radius 1 is 1.06 bits per heavy atom. The molecule has 10 nitrogen and oxygen atoms in total. The number of hydrogen-bond donors (Lipinski definition) is 2. The van der Waals surface area contributed by atoms with E-state index in [0.29, 0.717) is 41.1 Å². The largest absolute Gasteiger partial charge is 0.497 e. The summed E-state index contributed by atoms with van der Waals surface area (Å²) in [4.78, 5) is 23.9. The van der Waals surface area contributed by atoms with Gasteiger partial charge in [-0.3, -0.25) is 9.48 Å². The van der Waals surface area contributed by atoms with Gasteiger partial charge >= 0.3 is 0 Å². The SMILES string of the molecule is COc1cc(Nc2nccc(-c3cc(C(=O)NCCN4CCCC4)n(C)n3)n2)cc(OC)c1. The van der Waals surface area contributed by atoms with Gasteiger partial charge in [-0.25, -0.2) is 9.97 Å². The van der Waals surface area contributed by atoms with Gasteiger partial charge in [0.2, 0.25) is 5.95 Å². The minimum absolute atomic E-state index is 0.147. The van der Waals surface area contributed by atoms with Crippen LogP contribution in [0.4, 0.5) is 11.6 Å². The van der Waals surface area contributed by atoms with Gasteiger partial charge in [0.15, 0.2) is 0 Å². The number of aromatic nitrogens is 4. The molecule has 2 N–H and O–H groups in total. The van der Waals surface area contributed by atoms with Gasteiger partial charge in [0.1, 0.15) is 22.9 Å². The third kappa shape index (κ3) is 5.58. The molecule has 0 unspecified atom stereocenters. The Labute approximate surface area is 192 Å². The molecular formula is C23H29N7O3. The molecule has 0 spiro atoms. The first-order chi connectivity index (χ1) is 16.1. The number of likely N-dealkylation sites (tertiary alicyclic amines) is 1. The molecule has 1 aliphatic heterocycles. The molecule has 0 bridgehead atoms. The number of amides is 1. The summed E-state index contributed by atoms with van der Waals surface area (Å²) in [7, 11) is 4.94. The first-order valence-electron chi connectivity index (χ1n) is 10.9. The standard InChI is InChI=1S/C23H29N7O3/c1-29-21(22(31)24-8-11-30-9-4-5-10-30)15-20(28-29)19-6-7-25-23(27-19)26-16-12-17(32-2)14-18(13-16)33-3/h6-7,12-15H,4-5,8-11H2,1-3H3,(H,24,31)(H,25,26,27). The fourth-order valence-electron chi connectivity index (χ4n) is 3.80. The zero-order valence-electron chi connectivity index (χ0n) is 19.2. The normalized spacial score (nSPS) is 13.7. The maximum atomic E-state index is 12.7. The second kappa shape index (κ2) is 10.3. The Hall–Kier alpha value is -3.66. The molecule has 0 saturated carbocycles. The molecule has 2 aromatic heterocycles. The molecule has 1 saturated heterocycles. The molecule has 3 heterocycles. The lowest BCUT2D eigenvalue weighted by atomic mass is 10.2. The van der Waals surface area contributed by atoms with Crippen LogP contribution in [0.1, 0.15) is 23.3 Å². The van der Waals surface area contributed by atoms with Crippen LogP contribution in [0.5, 0.6) is 11.5 Å². The lowest BCUT2D eigenvalue weighted by molar-refractivity contribution is 0.0940. The van der Waals surface area contributed by atoms with Crippen molar-refractivity contribution in [2.24, 2.45) is 7.05 Å². The zero-order valence-corrected chi connectivity index (χ0v) is 19.2. The van der Waals surface area contributed by atoms with Gasteiger partial charge in [0, 0.05) is 50.2 Å². The molecule has 10 heteroatoms. The average molecular weight is 452 g/mol. The van der Waals surface area contributed by atoms with Gasteiger partial charge in [0.05, 0.1) is 19.9 Å². The Kier molecular flexibility index (Phi) is 7.04. The predicted molar refractivity (Wildman–Crippen MR) is 125 cm³/mol. The van der Waals surface area contributed by atoms with Crippen molar-refractivity contribution < 1.29 is 14.3 Å². The number of hydrogen-bond acceptors (Lipinski definition) is 8. The number of anilines is 2. The predicted octanol–water partition coefficient (Wildman–Crippen LogP) is 2.46. The molecule has 0 aliphatic carbocycles. The number of carbonyl (C=O) groups is 1. The van der Waals surface area contributed by atoms with Crippen molar-refractivity contribution in [3.05, 3.63) is 42.2 Å². The van der Waals surface area contributed by atoms with Crippen LogP contribution in [-0.4, -0.2) is 71.0 Å². The minimum atomic E-state index is -0.147. The number of aryl methyl sites for hydroxylation is 1. The molecule has 0 atom stereocenters. The van der Waals surface area contributed by atoms with Crippen molar-refractivity contribution in [1.82, 2.24) is 30.0 Å². The van der Waals surface area contributed by atoms with E-state index in [4.69, 9.17) is 9.47 Å². The van der Waals surface area contributed by atoms with Crippen LogP contribution in [-0.2, 0) is 7.05 Å². The van der Waals surface area contributed by atoms with E-state index in [0.717, 1.165) is 25.3 Å². The smallest absolute Gasteiger partial charge is 0.269 e. The first-order valence-corrected chi connectivity index (χ1v) is 10.9. The lowest BCUT2D eigenvalue weighted by Crippen LogP contribution is -2.34. The molecule has 1 aliphatic rings. The Bertz CT molecular complexity index is 1090. The number of benzene rings is 1. The van der Waals surface area contributed by atoms with Crippen LogP contribution in [0.3, 0.4) is 0 Å². The highest BCUT2D eigenvalue weighted by Crippen LogP contribution is 2.27. The maximum absolute atomic E-state index is 12.7. The van der Waals surface area contributed by atoms with Crippen LogP contribution in [0.15, 0.2) is 36.5 Å². The van der Waals surface area contributed by atoms with E-state index < -0.39 is 0 Å². The molecule has 4 rings (SSSR count). The van der Waals surface area contributed by atoms with Crippen molar-refractivity contribution in [2.75, 3.05) is 45.7 Å². The van der Waals surface area contributed by atoms with Crippen LogP contribution < -0.4 is 20.1 Å². The average Bonchev–Trinajstić information content (AvgIpc) is 3.48. The van der Waals surface area contributed by atoms with Gasteiger partial charge in [-0.05, 0) is 38.1 Å². The van der Waals surface area contributed by atoms with E-state index in [-0.39, 0.29) is 5.91 Å². The van der Waals surface area contributed by atoms with Crippen molar-refractivity contribution in [1.29, 1.82) is 0 Å². The number of nitrogens with one attached hydrogen (secondary N) is 2. The topological polar surface area (TPSA) is 106 Å². The summed E-state index contributed by atoms with van der Waals surface area (Å²) in [6.07, 6.45) is 4.12. The van der Waals surface area contributed by atoms with E-state index in [1.165, 1.54) is 12.8 Å². The summed E-state index contributed by atoms with van der Waals surface area (Å²) in [6, 6.07) is 8.93. The number of ether oxygens (including phenoxy) is 2. The first kappa shape index (κ1) is 22.5. The van der Waals surface area contributed by atoms with Crippen LogP contribution in [0.2, 0.25) is 0 Å². The van der Waals surface area contributed by atoms with Crippen molar-refractivity contribution in [2.45, 2.75) is 12.8 Å². The van der Waals surface area contributed by atoms with Gasteiger partial charge in [-0.1, -0.05) is 0 Å². The van der Waals surface area contributed by atoms with E-state index >= 15 is 0 Å². The molecule has 3 aromatic rings. The summed E-state index contributed by atoms with van der Waals surface area (Å²) in [5.74, 6) is 1.55.